The van der Waals surface area contributed by atoms with Gasteiger partial charge in [-0.2, -0.15) is 0 Å². The van der Waals surface area contributed by atoms with E-state index < -0.39 is 0 Å². The molecule has 0 heterocycles. The van der Waals surface area contributed by atoms with Crippen molar-refractivity contribution in [3.05, 3.63) is 35.6 Å². The summed E-state index contributed by atoms with van der Waals surface area (Å²) < 4.78 is 12.7. The Morgan fingerprint density at radius 1 is 1.29 bits per heavy atom. The second-order valence-electron chi connectivity index (χ2n) is 5.27. The van der Waals surface area contributed by atoms with E-state index in [1.807, 2.05) is 12.1 Å². The summed E-state index contributed by atoms with van der Waals surface area (Å²) in [5.41, 5.74) is 1.20. The predicted molar refractivity (Wildman–Crippen MR) is 69.5 cm³/mol. The van der Waals surface area contributed by atoms with Crippen LogP contribution in [0.5, 0.6) is 0 Å². The van der Waals surface area contributed by atoms with Crippen LogP contribution in [0.4, 0.5) is 4.39 Å². The molecule has 1 N–H and O–H groups in total. The fourth-order valence-electron chi connectivity index (χ4n) is 2.19. The van der Waals surface area contributed by atoms with Crippen molar-refractivity contribution in [2.75, 3.05) is 6.54 Å². The molecule has 0 bridgehead atoms. The molecule has 0 amide bonds. The van der Waals surface area contributed by atoms with Crippen LogP contribution in [0.1, 0.15) is 38.2 Å². The van der Waals surface area contributed by atoms with Gasteiger partial charge in [0.05, 0.1) is 0 Å². The van der Waals surface area contributed by atoms with Gasteiger partial charge in [-0.15, -0.1) is 0 Å². The van der Waals surface area contributed by atoms with Crippen LogP contribution in [0.3, 0.4) is 0 Å². The third kappa shape index (κ3) is 4.86. The predicted octanol–water partition coefficient (Wildman–Crippen LogP) is 3.54. The summed E-state index contributed by atoms with van der Waals surface area (Å²) in [6, 6.07) is 7.29. The monoisotopic (exact) mass is 235 g/mol. The molecule has 2 heteroatoms. The minimum absolute atomic E-state index is 0.154. The first kappa shape index (κ1) is 12.6. The number of halogens is 1. The lowest BCUT2D eigenvalue weighted by atomic mass is 10.1. The standard InChI is InChI=1S/C15H22FN/c1-12(17-10-2-3-13-4-5-13)11-14-6-8-15(16)9-7-14/h6-9,12-13,17H,2-5,10-11H2,1H3. The fraction of sp³-hybridized carbons (Fsp3) is 0.600. The van der Waals surface area contributed by atoms with E-state index in [-0.39, 0.29) is 5.82 Å². The summed E-state index contributed by atoms with van der Waals surface area (Å²) in [5, 5.41) is 3.54. The molecule has 0 saturated heterocycles. The molecular formula is C15H22FN. The molecule has 1 aromatic carbocycles. The quantitative estimate of drug-likeness (QED) is 0.713. The largest absolute Gasteiger partial charge is 0.314 e. The van der Waals surface area contributed by atoms with E-state index in [2.05, 4.69) is 12.2 Å². The van der Waals surface area contributed by atoms with Gasteiger partial charge in [0, 0.05) is 6.04 Å². The topological polar surface area (TPSA) is 12.0 Å². The fourth-order valence-corrected chi connectivity index (χ4v) is 2.19. The minimum atomic E-state index is -0.154. The van der Waals surface area contributed by atoms with Crippen LogP contribution in [0.15, 0.2) is 24.3 Å². The van der Waals surface area contributed by atoms with Crippen molar-refractivity contribution in [2.24, 2.45) is 5.92 Å². The highest BCUT2D eigenvalue weighted by atomic mass is 19.1. The van der Waals surface area contributed by atoms with Gasteiger partial charge in [-0.1, -0.05) is 25.0 Å². The van der Waals surface area contributed by atoms with E-state index in [1.165, 1.54) is 43.4 Å². The molecule has 17 heavy (non-hydrogen) atoms. The summed E-state index contributed by atoms with van der Waals surface area (Å²) in [4.78, 5) is 0. The Hall–Kier alpha value is -0.890. The highest BCUT2D eigenvalue weighted by Crippen LogP contribution is 2.33. The molecule has 1 aromatic rings. The van der Waals surface area contributed by atoms with Gasteiger partial charge in [0.15, 0.2) is 0 Å². The number of nitrogens with one attached hydrogen (secondary N) is 1. The van der Waals surface area contributed by atoms with Crippen LogP contribution in [0.2, 0.25) is 0 Å². The van der Waals surface area contributed by atoms with Gasteiger partial charge >= 0.3 is 0 Å². The van der Waals surface area contributed by atoms with Crippen LogP contribution >= 0.6 is 0 Å². The Morgan fingerprint density at radius 2 is 2.00 bits per heavy atom. The number of rotatable bonds is 7. The van der Waals surface area contributed by atoms with Gasteiger partial charge in [-0.3, -0.25) is 0 Å². The van der Waals surface area contributed by atoms with Crippen LogP contribution in [0.25, 0.3) is 0 Å². The summed E-state index contributed by atoms with van der Waals surface area (Å²) >= 11 is 0. The van der Waals surface area contributed by atoms with E-state index >= 15 is 0 Å². The summed E-state index contributed by atoms with van der Waals surface area (Å²) in [6.45, 7) is 3.30. The third-order valence-corrected chi connectivity index (χ3v) is 3.43. The Kier molecular flexibility index (Phi) is 4.55. The van der Waals surface area contributed by atoms with E-state index in [4.69, 9.17) is 0 Å². The second kappa shape index (κ2) is 6.15. The molecule has 0 aliphatic heterocycles. The molecule has 1 saturated carbocycles. The first-order valence-corrected chi connectivity index (χ1v) is 6.72. The lowest BCUT2D eigenvalue weighted by molar-refractivity contribution is 0.514. The number of hydrogen-bond donors (Lipinski definition) is 1. The van der Waals surface area contributed by atoms with E-state index in [1.54, 1.807) is 0 Å². The number of benzene rings is 1. The maximum absolute atomic E-state index is 12.7. The van der Waals surface area contributed by atoms with Gasteiger partial charge in [0.1, 0.15) is 5.82 Å². The Labute approximate surface area is 103 Å². The molecule has 1 nitrogen and oxygen atoms in total. The molecule has 1 unspecified atom stereocenters. The zero-order chi connectivity index (χ0) is 12.1. The van der Waals surface area contributed by atoms with Crippen molar-refractivity contribution >= 4 is 0 Å². The SMILES string of the molecule is CC(Cc1ccc(F)cc1)NCCCC1CC1. The Bertz CT molecular complexity index is 329. The molecule has 1 fully saturated rings. The molecule has 1 aliphatic rings. The molecule has 0 aromatic heterocycles. The van der Waals surface area contributed by atoms with Crippen LogP contribution in [-0.4, -0.2) is 12.6 Å². The molecule has 0 spiro atoms. The minimum Gasteiger partial charge on any atom is -0.314 e. The van der Waals surface area contributed by atoms with Gasteiger partial charge in [-0.05, 0) is 56.3 Å². The van der Waals surface area contributed by atoms with E-state index in [9.17, 15) is 4.39 Å². The van der Waals surface area contributed by atoms with Crippen LogP contribution in [-0.2, 0) is 6.42 Å². The zero-order valence-electron chi connectivity index (χ0n) is 10.6. The molecule has 2 rings (SSSR count). The van der Waals surface area contributed by atoms with Crippen molar-refractivity contribution < 1.29 is 4.39 Å². The molecule has 0 radical (unpaired) electrons. The van der Waals surface area contributed by atoms with Crippen molar-refractivity contribution in [1.29, 1.82) is 0 Å². The average molecular weight is 235 g/mol. The first-order valence-electron chi connectivity index (χ1n) is 6.72. The second-order valence-corrected chi connectivity index (χ2v) is 5.27. The Morgan fingerprint density at radius 3 is 2.65 bits per heavy atom. The van der Waals surface area contributed by atoms with Crippen molar-refractivity contribution in [2.45, 2.75) is 45.1 Å². The highest BCUT2D eigenvalue weighted by Gasteiger charge is 2.19. The lowest BCUT2D eigenvalue weighted by Gasteiger charge is -2.13. The zero-order valence-corrected chi connectivity index (χ0v) is 10.6. The van der Waals surface area contributed by atoms with E-state index in [0.717, 1.165) is 18.9 Å². The number of hydrogen-bond acceptors (Lipinski definition) is 1. The van der Waals surface area contributed by atoms with Crippen LogP contribution < -0.4 is 5.32 Å². The molecular weight excluding hydrogens is 213 g/mol. The maximum atomic E-state index is 12.7. The van der Waals surface area contributed by atoms with E-state index in [0.29, 0.717) is 6.04 Å². The maximum Gasteiger partial charge on any atom is 0.123 e. The van der Waals surface area contributed by atoms with Crippen LogP contribution in [0, 0.1) is 11.7 Å². The van der Waals surface area contributed by atoms with Gasteiger partial charge in [-0.25, -0.2) is 4.39 Å². The highest BCUT2D eigenvalue weighted by molar-refractivity contribution is 5.16. The smallest absolute Gasteiger partial charge is 0.123 e. The van der Waals surface area contributed by atoms with Gasteiger partial charge < -0.3 is 5.32 Å². The molecule has 1 aliphatic carbocycles. The first-order chi connectivity index (χ1) is 8.24. The third-order valence-electron chi connectivity index (χ3n) is 3.43. The lowest BCUT2D eigenvalue weighted by Crippen LogP contribution is -2.29. The van der Waals surface area contributed by atoms with Gasteiger partial charge in [0.2, 0.25) is 0 Å². The normalized spacial score (nSPS) is 17.1. The summed E-state index contributed by atoms with van der Waals surface area (Å²) in [7, 11) is 0. The average Bonchev–Trinajstić information content (AvgIpc) is 3.12. The summed E-state index contributed by atoms with van der Waals surface area (Å²) in [6.07, 6.45) is 6.55. The van der Waals surface area contributed by atoms with Crippen molar-refractivity contribution in [3.8, 4) is 0 Å². The Balaban J connectivity index is 1.61. The van der Waals surface area contributed by atoms with Crippen molar-refractivity contribution in [1.82, 2.24) is 5.32 Å². The molecule has 1 atom stereocenters. The van der Waals surface area contributed by atoms with Gasteiger partial charge in [0.25, 0.3) is 0 Å². The van der Waals surface area contributed by atoms with Crippen molar-refractivity contribution in [3.63, 3.8) is 0 Å². The summed E-state index contributed by atoms with van der Waals surface area (Å²) in [5.74, 6) is 0.878. The molecule has 94 valence electrons.